The van der Waals surface area contributed by atoms with Crippen molar-refractivity contribution in [3.63, 3.8) is 0 Å². The number of halogens is 1. The van der Waals surface area contributed by atoms with E-state index in [9.17, 15) is 8.42 Å². The molecule has 1 heterocycles. The van der Waals surface area contributed by atoms with E-state index in [2.05, 4.69) is 5.32 Å². The fourth-order valence-corrected chi connectivity index (χ4v) is 4.25. The molecular weight excluding hydrogens is 310 g/mol. The Morgan fingerprint density at radius 3 is 2.33 bits per heavy atom. The lowest BCUT2D eigenvalue weighted by Gasteiger charge is -2.35. The molecule has 1 aliphatic rings. The van der Waals surface area contributed by atoms with Gasteiger partial charge in [-0.05, 0) is 44.5 Å². The maximum Gasteiger partial charge on any atom is 0.243 e. The van der Waals surface area contributed by atoms with Gasteiger partial charge in [0.05, 0.1) is 16.5 Å². The first-order valence-electron chi connectivity index (χ1n) is 6.61. The first-order valence-corrected chi connectivity index (χ1v) is 8.05. The second-order valence-electron chi connectivity index (χ2n) is 5.38. The zero-order valence-electron chi connectivity index (χ0n) is 12.3. The smallest absolute Gasteiger partial charge is 0.243 e. The van der Waals surface area contributed by atoms with Crippen LogP contribution in [0.25, 0.3) is 0 Å². The van der Waals surface area contributed by atoms with Gasteiger partial charge in [0, 0.05) is 25.2 Å². The van der Waals surface area contributed by atoms with E-state index in [0.29, 0.717) is 24.2 Å². The average molecular weight is 330 g/mol. The topological polar surface area (TPSA) is 73.2 Å². The third-order valence-corrected chi connectivity index (χ3v) is 5.31. The van der Waals surface area contributed by atoms with E-state index >= 15 is 0 Å². The molecule has 21 heavy (non-hydrogen) atoms. The fourth-order valence-electron chi connectivity index (χ4n) is 2.54. The summed E-state index contributed by atoms with van der Waals surface area (Å²) in [5, 5.41) is 12.2. The first kappa shape index (κ1) is 17.9. The zero-order chi connectivity index (χ0) is 14.9. The number of nitriles is 1. The van der Waals surface area contributed by atoms with Crippen LogP contribution in [0.4, 0.5) is 0 Å². The summed E-state index contributed by atoms with van der Waals surface area (Å²) in [6, 6.07) is 6.97. The predicted octanol–water partition coefficient (Wildman–Crippen LogP) is 1.66. The van der Waals surface area contributed by atoms with E-state index in [1.165, 1.54) is 10.4 Å². The molecule has 2 unspecified atom stereocenters. The highest BCUT2D eigenvalue weighted by Crippen LogP contribution is 2.21. The molecule has 7 heteroatoms. The van der Waals surface area contributed by atoms with Gasteiger partial charge in [0.15, 0.2) is 0 Å². The molecule has 1 fully saturated rings. The summed E-state index contributed by atoms with van der Waals surface area (Å²) in [6.07, 6.45) is 0. The Balaban J connectivity index is 0.00000220. The number of hydrogen-bond donors (Lipinski definition) is 1. The highest BCUT2D eigenvalue weighted by Gasteiger charge is 2.31. The summed E-state index contributed by atoms with van der Waals surface area (Å²) in [7, 11) is -3.49. The van der Waals surface area contributed by atoms with Gasteiger partial charge in [0.2, 0.25) is 10.0 Å². The summed E-state index contributed by atoms with van der Waals surface area (Å²) < 4.78 is 26.8. The summed E-state index contributed by atoms with van der Waals surface area (Å²) in [5.41, 5.74) is 1.19. The lowest BCUT2D eigenvalue weighted by Crippen LogP contribution is -2.55. The second-order valence-corrected chi connectivity index (χ2v) is 7.32. The Kier molecular flexibility index (Phi) is 5.76. The van der Waals surface area contributed by atoms with Crippen molar-refractivity contribution in [2.45, 2.75) is 37.8 Å². The Hall–Kier alpha value is -1.13. The van der Waals surface area contributed by atoms with Crippen LogP contribution < -0.4 is 5.32 Å². The monoisotopic (exact) mass is 329 g/mol. The molecule has 0 saturated carbocycles. The Morgan fingerprint density at radius 1 is 1.29 bits per heavy atom. The Labute approximate surface area is 132 Å². The van der Waals surface area contributed by atoms with Gasteiger partial charge in [-0.15, -0.1) is 12.4 Å². The molecular formula is C14H20ClN3O2S. The molecule has 1 aromatic rings. The van der Waals surface area contributed by atoms with Crippen molar-refractivity contribution in [2.24, 2.45) is 0 Å². The number of nitrogens with one attached hydrogen (secondary N) is 1. The third-order valence-electron chi connectivity index (χ3n) is 3.48. The number of hydrogen-bond acceptors (Lipinski definition) is 4. The summed E-state index contributed by atoms with van der Waals surface area (Å²) in [5.74, 6) is 0. The number of piperazine rings is 1. The van der Waals surface area contributed by atoms with Crippen molar-refractivity contribution in [1.82, 2.24) is 9.62 Å². The quantitative estimate of drug-likeness (QED) is 0.895. The van der Waals surface area contributed by atoms with Crippen LogP contribution in [-0.2, 0) is 10.0 Å². The van der Waals surface area contributed by atoms with E-state index in [1.807, 2.05) is 19.9 Å². The van der Waals surface area contributed by atoms with Crippen molar-refractivity contribution in [3.05, 3.63) is 29.3 Å². The molecule has 0 bridgehead atoms. The molecule has 0 aromatic heterocycles. The highest BCUT2D eigenvalue weighted by molar-refractivity contribution is 7.89. The maximum atomic E-state index is 12.6. The van der Waals surface area contributed by atoms with Gasteiger partial charge in [0.25, 0.3) is 0 Å². The predicted molar refractivity (Wildman–Crippen MR) is 84.0 cm³/mol. The lowest BCUT2D eigenvalue weighted by molar-refractivity contribution is 0.263. The highest BCUT2D eigenvalue weighted by atomic mass is 35.5. The minimum absolute atomic E-state index is 0. The molecule has 1 aromatic carbocycles. The van der Waals surface area contributed by atoms with Crippen LogP contribution in [-0.4, -0.2) is 37.9 Å². The number of aryl methyl sites for hydroxylation is 1. The molecule has 0 aliphatic carbocycles. The van der Waals surface area contributed by atoms with Gasteiger partial charge in [-0.2, -0.15) is 9.57 Å². The maximum absolute atomic E-state index is 12.6. The number of sulfonamides is 1. The Morgan fingerprint density at radius 2 is 1.86 bits per heavy atom. The molecule has 5 nitrogen and oxygen atoms in total. The molecule has 2 rings (SSSR count). The van der Waals surface area contributed by atoms with Crippen molar-refractivity contribution < 1.29 is 8.42 Å². The normalized spacial score (nSPS) is 23.1. The number of benzene rings is 1. The Bertz CT molecular complexity index is 645. The van der Waals surface area contributed by atoms with E-state index in [4.69, 9.17) is 5.26 Å². The van der Waals surface area contributed by atoms with E-state index < -0.39 is 10.0 Å². The van der Waals surface area contributed by atoms with Gasteiger partial charge < -0.3 is 5.32 Å². The largest absolute Gasteiger partial charge is 0.309 e. The summed E-state index contributed by atoms with van der Waals surface area (Å²) in [4.78, 5) is 0.260. The third kappa shape index (κ3) is 3.74. The van der Waals surface area contributed by atoms with Gasteiger partial charge in [-0.25, -0.2) is 8.42 Å². The van der Waals surface area contributed by atoms with Gasteiger partial charge >= 0.3 is 0 Å². The van der Waals surface area contributed by atoms with Crippen LogP contribution >= 0.6 is 12.4 Å². The average Bonchev–Trinajstić information content (AvgIpc) is 2.37. The molecule has 0 amide bonds. The molecule has 0 radical (unpaired) electrons. The van der Waals surface area contributed by atoms with Gasteiger partial charge in [0.1, 0.15) is 0 Å². The van der Waals surface area contributed by atoms with Crippen molar-refractivity contribution in [2.75, 3.05) is 13.1 Å². The van der Waals surface area contributed by atoms with E-state index in [-0.39, 0.29) is 29.4 Å². The summed E-state index contributed by atoms with van der Waals surface area (Å²) >= 11 is 0. The molecule has 1 N–H and O–H groups in total. The summed E-state index contributed by atoms with van der Waals surface area (Å²) in [6.45, 7) is 6.63. The zero-order valence-corrected chi connectivity index (χ0v) is 14.0. The van der Waals surface area contributed by atoms with Crippen LogP contribution in [0.15, 0.2) is 23.1 Å². The van der Waals surface area contributed by atoms with E-state index in [1.54, 1.807) is 19.1 Å². The van der Waals surface area contributed by atoms with Crippen molar-refractivity contribution in [3.8, 4) is 6.07 Å². The van der Waals surface area contributed by atoms with Crippen LogP contribution in [0.2, 0.25) is 0 Å². The SMILES string of the molecule is Cc1cc(S(=O)(=O)N2CC(C)NC(C)C2)ccc1C#N.Cl. The van der Waals surface area contributed by atoms with Crippen molar-refractivity contribution in [1.29, 1.82) is 5.26 Å². The van der Waals surface area contributed by atoms with Gasteiger partial charge in [-0.1, -0.05) is 0 Å². The second kappa shape index (κ2) is 6.75. The van der Waals surface area contributed by atoms with Crippen LogP contribution in [0.5, 0.6) is 0 Å². The van der Waals surface area contributed by atoms with E-state index in [0.717, 1.165) is 0 Å². The fraction of sp³-hybridized carbons (Fsp3) is 0.500. The molecule has 1 saturated heterocycles. The lowest BCUT2D eigenvalue weighted by atomic mass is 10.1. The molecule has 116 valence electrons. The molecule has 1 aliphatic heterocycles. The standard InChI is InChI=1S/C14H19N3O2S.ClH/c1-10-6-14(5-4-13(10)7-15)20(18,19)17-8-11(2)16-12(3)9-17;/h4-6,11-12,16H,8-9H2,1-3H3;1H. The van der Waals surface area contributed by atoms with Crippen LogP contribution in [0.1, 0.15) is 25.0 Å². The minimum Gasteiger partial charge on any atom is -0.309 e. The van der Waals surface area contributed by atoms with Crippen molar-refractivity contribution >= 4 is 22.4 Å². The van der Waals surface area contributed by atoms with Gasteiger partial charge in [-0.3, -0.25) is 0 Å². The number of nitrogens with zero attached hydrogens (tertiary/aromatic N) is 2. The van der Waals surface area contributed by atoms with Crippen LogP contribution in [0.3, 0.4) is 0 Å². The molecule has 0 spiro atoms. The first-order chi connectivity index (χ1) is 9.34. The van der Waals surface area contributed by atoms with Crippen LogP contribution in [0, 0.1) is 18.3 Å². The molecule has 2 atom stereocenters. The number of rotatable bonds is 2. The minimum atomic E-state index is -3.49.